The van der Waals surface area contributed by atoms with Crippen molar-refractivity contribution in [3.05, 3.63) is 337 Å². The van der Waals surface area contributed by atoms with Crippen LogP contribution in [0.2, 0.25) is 0 Å². The Morgan fingerprint density at radius 1 is 0.294 bits per heavy atom. The molecule has 0 atom stereocenters. The molecule has 2 heterocycles. The summed E-state index contributed by atoms with van der Waals surface area (Å²) < 4.78 is 4.72. The van der Waals surface area contributed by atoms with Crippen LogP contribution in [0.5, 0.6) is 0 Å². The molecule has 0 bridgehead atoms. The average Bonchev–Trinajstić information content (AvgIpc) is 1.77. The maximum atomic E-state index is 2.36. The van der Waals surface area contributed by atoms with Crippen LogP contribution < -0.4 is 9.80 Å². The van der Waals surface area contributed by atoms with Gasteiger partial charge in [0.15, 0.2) is 0 Å². The number of benzene rings is 12. The maximum Gasteiger partial charge on any atom is 0.0542 e. The van der Waals surface area contributed by atoms with Gasteiger partial charge >= 0.3 is 0 Å². The van der Waals surface area contributed by atoms with Crippen LogP contribution in [0.3, 0.4) is 0 Å². The Morgan fingerprint density at radius 3 is 1.01 bits per heavy atom. The molecule has 0 unspecified atom stereocenters. The lowest BCUT2D eigenvalue weighted by molar-refractivity contribution is 0.795. The summed E-state index contributed by atoms with van der Waals surface area (Å²) in [7, 11) is 0. The van der Waals surface area contributed by atoms with Crippen molar-refractivity contribution in [1.29, 1.82) is 0 Å². The normalized spacial score (nSPS) is 11.5. The predicted molar refractivity (Wildman–Crippen MR) is 365 cm³/mol. The first-order valence-electron chi connectivity index (χ1n) is 29.6. The molecule has 410 valence electrons. The first-order chi connectivity index (χ1) is 42.0. The van der Waals surface area contributed by atoms with E-state index in [1.807, 2.05) is 0 Å². The Labute approximate surface area is 499 Å². The smallest absolute Gasteiger partial charge is 0.0542 e. The van der Waals surface area contributed by atoms with Gasteiger partial charge < -0.3 is 18.9 Å². The van der Waals surface area contributed by atoms with Gasteiger partial charge in [0.1, 0.15) is 0 Å². The highest BCUT2D eigenvalue weighted by Gasteiger charge is 2.19. The second kappa shape index (κ2) is 24.8. The SMILES string of the molecule is CCCCc1ccc(/C=C/c2ccc(N(c3ccccc3)c3ccc4c(c3)c3ccccc3n4-c3ccccc3)cc2)cc1.Cc1ccc(/C=C/c2ccc(N(c3ccccc3)c3ccc4c(c3)c3ccccc3n4-c3ccccc3)cc2)cc1. The zero-order chi connectivity index (χ0) is 57.3. The number of aromatic nitrogens is 2. The average molecular weight is 1100 g/mol. The lowest BCUT2D eigenvalue weighted by Gasteiger charge is -2.25. The molecule has 85 heavy (non-hydrogen) atoms. The molecule has 0 radical (unpaired) electrons. The zero-order valence-electron chi connectivity index (χ0n) is 48.1. The van der Waals surface area contributed by atoms with Gasteiger partial charge in [-0.05, 0) is 169 Å². The molecule has 0 amide bonds. The maximum absolute atomic E-state index is 2.36. The Balaban J connectivity index is 0.000000159. The number of unbranched alkanes of at least 4 members (excludes halogenated alkanes) is 1. The van der Waals surface area contributed by atoms with Gasteiger partial charge in [0.05, 0.1) is 22.1 Å². The Kier molecular flexibility index (Phi) is 15.7. The van der Waals surface area contributed by atoms with Crippen LogP contribution in [-0.2, 0) is 6.42 Å². The summed E-state index contributed by atoms with van der Waals surface area (Å²) in [5, 5.41) is 4.97. The standard InChI is InChI=1S/C42H36N2.C39H30N2/c1-2-3-12-32-19-21-33(22-20-32)23-24-34-25-27-37(28-26-34)43(35-13-6-4-7-14-35)38-29-30-42-40(31-38)39-17-10-11-18-41(39)44(42)36-15-8-5-9-16-36;1-29-16-18-30(19-17-29)20-21-31-22-24-34(25-23-31)40(32-10-4-2-5-11-32)35-26-27-39-37(28-35)36-14-8-9-15-38(36)41(39)33-12-6-3-7-13-33/h4-11,13-31H,2-3,12H2,1H3;2-28H,1H3/b24-23+;21-20+. The number of aryl methyl sites for hydroxylation is 2. The molecule has 0 fully saturated rings. The topological polar surface area (TPSA) is 16.3 Å². The fourth-order valence-corrected chi connectivity index (χ4v) is 11.7. The molecule has 0 aliphatic heterocycles. The van der Waals surface area contributed by atoms with E-state index in [4.69, 9.17) is 0 Å². The van der Waals surface area contributed by atoms with E-state index in [0.717, 1.165) is 40.5 Å². The molecule has 14 rings (SSSR count). The Morgan fingerprint density at radius 2 is 0.612 bits per heavy atom. The molecule has 14 aromatic rings. The molecule has 0 N–H and O–H groups in total. The number of para-hydroxylation sites is 6. The fraction of sp³-hybridized carbons (Fsp3) is 0.0617. The minimum absolute atomic E-state index is 1.12. The predicted octanol–water partition coefficient (Wildman–Crippen LogP) is 22.5. The highest BCUT2D eigenvalue weighted by atomic mass is 15.1. The van der Waals surface area contributed by atoms with Gasteiger partial charge in [-0.1, -0.05) is 225 Å². The third-order valence-electron chi connectivity index (χ3n) is 16.0. The molecule has 4 nitrogen and oxygen atoms in total. The third kappa shape index (κ3) is 11.6. The number of anilines is 6. The van der Waals surface area contributed by atoms with E-state index in [2.05, 4.69) is 360 Å². The molecule has 4 heteroatoms. The molecular formula is C81H66N4. The Bertz CT molecular complexity index is 4580. The van der Waals surface area contributed by atoms with Crippen molar-refractivity contribution in [3.8, 4) is 11.4 Å². The van der Waals surface area contributed by atoms with Crippen LogP contribution in [0.25, 0.3) is 79.3 Å². The summed E-state index contributed by atoms with van der Waals surface area (Å²) in [6.45, 7) is 4.36. The first kappa shape index (κ1) is 53.6. The summed E-state index contributed by atoms with van der Waals surface area (Å²) in [6, 6.07) is 109. The first-order valence-corrected chi connectivity index (χ1v) is 29.6. The van der Waals surface area contributed by atoms with Gasteiger partial charge in [-0.25, -0.2) is 0 Å². The van der Waals surface area contributed by atoms with E-state index in [1.54, 1.807) is 0 Å². The number of hydrogen-bond donors (Lipinski definition) is 0. The second-order valence-electron chi connectivity index (χ2n) is 21.7. The fourth-order valence-electron chi connectivity index (χ4n) is 11.7. The molecule has 0 aliphatic carbocycles. The molecular weight excluding hydrogens is 1030 g/mol. The van der Waals surface area contributed by atoms with E-state index in [1.165, 1.54) is 101 Å². The second-order valence-corrected chi connectivity index (χ2v) is 21.7. The van der Waals surface area contributed by atoms with Crippen molar-refractivity contribution in [2.75, 3.05) is 9.80 Å². The van der Waals surface area contributed by atoms with Gasteiger partial charge in [0.2, 0.25) is 0 Å². The van der Waals surface area contributed by atoms with Crippen molar-refractivity contribution in [2.45, 2.75) is 33.1 Å². The highest BCUT2D eigenvalue weighted by molar-refractivity contribution is 6.12. The van der Waals surface area contributed by atoms with Crippen LogP contribution in [0.1, 0.15) is 53.1 Å². The summed E-state index contributed by atoms with van der Waals surface area (Å²) in [4.78, 5) is 4.68. The van der Waals surface area contributed by atoms with Gasteiger partial charge in [-0.3, -0.25) is 0 Å². The third-order valence-corrected chi connectivity index (χ3v) is 16.0. The van der Waals surface area contributed by atoms with Crippen LogP contribution in [0, 0.1) is 6.92 Å². The van der Waals surface area contributed by atoms with E-state index in [0.29, 0.717) is 0 Å². The molecule has 0 saturated heterocycles. The van der Waals surface area contributed by atoms with Crippen molar-refractivity contribution in [1.82, 2.24) is 9.13 Å². The van der Waals surface area contributed by atoms with E-state index in [9.17, 15) is 0 Å². The van der Waals surface area contributed by atoms with Gasteiger partial charge in [0, 0.05) is 67.0 Å². The van der Waals surface area contributed by atoms with Crippen LogP contribution in [-0.4, -0.2) is 9.13 Å². The van der Waals surface area contributed by atoms with Crippen LogP contribution in [0.15, 0.2) is 303 Å². The van der Waals surface area contributed by atoms with E-state index >= 15 is 0 Å². The van der Waals surface area contributed by atoms with Crippen molar-refractivity contribution >= 4 is 102 Å². The van der Waals surface area contributed by atoms with Gasteiger partial charge in [0.25, 0.3) is 0 Å². The minimum atomic E-state index is 1.12. The molecule has 0 saturated carbocycles. The van der Waals surface area contributed by atoms with E-state index in [-0.39, 0.29) is 0 Å². The monoisotopic (exact) mass is 1090 g/mol. The number of nitrogens with zero attached hydrogens (tertiary/aromatic N) is 4. The summed E-state index contributed by atoms with van der Waals surface area (Å²) >= 11 is 0. The van der Waals surface area contributed by atoms with Crippen molar-refractivity contribution in [2.24, 2.45) is 0 Å². The summed E-state index contributed by atoms with van der Waals surface area (Å²) in [6.07, 6.45) is 12.4. The lowest BCUT2D eigenvalue weighted by atomic mass is 10.1. The quantitative estimate of drug-likeness (QED) is 0.0952. The highest BCUT2D eigenvalue weighted by Crippen LogP contribution is 2.42. The largest absolute Gasteiger partial charge is 0.310 e. The van der Waals surface area contributed by atoms with Gasteiger partial charge in [-0.2, -0.15) is 0 Å². The Hall–Kier alpha value is -10.7. The number of hydrogen-bond acceptors (Lipinski definition) is 2. The number of fused-ring (bicyclic) bond motifs is 6. The van der Waals surface area contributed by atoms with Crippen LogP contribution in [0.4, 0.5) is 34.1 Å². The van der Waals surface area contributed by atoms with E-state index < -0.39 is 0 Å². The summed E-state index contributed by atoms with van der Waals surface area (Å²) in [5.74, 6) is 0. The minimum Gasteiger partial charge on any atom is -0.310 e. The lowest BCUT2D eigenvalue weighted by Crippen LogP contribution is -2.09. The van der Waals surface area contributed by atoms with Crippen molar-refractivity contribution < 1.29 is 0 Å². The molecule has 12 aromatic carbocycles. The van der Waals surface area contributed by atoms with Gasteiger partial charge in [-0.15, -0.1) is 0 Å². The molecule has 0 spiro atoms. The molecule has 0 aliphatic rings. The summed E-state index contributed by atoms with van der Waals surface area (Å²) in [5.41, 5.74) is 21.4. The van der Waals surface area contributed by atoms with Crippen LogP contribution >= 0.6 is 0 Å². The van der Waals surface area contributed by atoms with Crippen molar-refractivity contribution in [3.63, 3.8) is 0 Å². The number of rotatable bonds is 15. The zero-order valence-corrected chi connectivity index (χ0v) is 48.1. The molecule has 2 aromatic heterocycles.